The predicted octanol–water partition coefficient (Wildman–Crippen LogP) is 0.776. The number of urea groups is 1. The summed E-state index contributed by atoms with van der Waals surface area (Å²) in [4.78, 5) is 24.2. The van der Waals surface area contributed by atoms with Crippen molar-refractivity contribution in [2.75, 3.05) is 7.05 Å². The van der Waals surface area contributed by atoms with Crippen LogP contribution in [0.5, 0.6) is 0 Å². The monoisotopic (exact) mass is 268 g/mol. The first-order valence-electron chi connectivity index (χ1n) is 6.00. The molecule has 7 heteroatoms. The summed E-state index contributed by atoms with van der Waals surface area (Å²) in [6.45, 7) is 5.32. The van der Waals surface area contributed by atoms with E-state index < -0.39 is 17.5 Å². The summed E-state index contributed by atoms with van der Waals surface area (Å²) in [6, 6.07) is 1.22. The number of nitrogens with zero attached hydrogens (tertiary/aromatic N) is 3. The van der Waals surface area contributed by atoms with Crippen LogP contribution < -0.4 is 5.32 Å². The molecule has 0 spiro atoms. The maximum absolute atomic E-state index is 12.0. The summed E-state index contributed by atoms with van der Waals surface area (Å²) in [5.74, 6) is -1.05. The fourth-order valence-electron chi connectivity index (χ4n) is 1.44. The van der Waals surface area contributed by atoms with Gasteiger partial charge in [0.2, 0.25) is 0 Å². The molecule has 1 aromatic heterocycles. The zero-order chi connectivity index (χ0) is 14.6. The third-order valence-electron chi connectivity index (χ3n) is 3.06. The van der Waals surface area contributed by atoms with Crippen LogP contribution in [0.4, 0.5) is 4.79 Å². The lowest BCUT2D eigenvalue weighted by Crippen LogP contribution is -2.55. The minimum absolute atomic E-state index is 0.153. The van der Waals surface area contributed by atoms with E-state index in [9.17, 15) is 9.59 Å². The van der Waals surface area contributed by atoms with E-state index in [1.807, 2.05) is 6.92 Å². The molecule has 1 atom stereocenters. The molecule has 0 saturated heterocycles. The van der Waals surface area contributed by atoms with Gasteiger partial charge in [0.05, 0.1) is 6.54 Å². The average Bonchev–Trinajstić information content (AvgIpc) is 2.80. The highest BCUT2D eigenvalue weighted by Gasteiger charge is 2.35. The summed E-state index contributed by atoms with van der Waals surface area (Å²) in [5.41, 5.74) is -1.25. The van der Waals surface area contributed by atoms with Crippen LogP contribution in [0.3, 0.4) is 0 Å². The second kappa shape index (κ2) is 5.73. The van der Waals surface area contributed by atoms with Gasteiger partial charge in [-0.15, -0.1) is 0 Å². The molecule has 1 aromatic rings. The summed E-state index contributed by atoms with van der Waals surface area (Å²) in [5, 5.41) is 15.9. The summed E-state index contributed by atoms with van der Waals surface area (Å²) in [6.07, 6.45) is 3.46. The standard InChI is InChI=1S/C12H20N4O3/c1-9(8-16-7-5-6-13-16)14-11(19)15(4)12(2,3)10(17)18/h5-7,9H,8H2,1-4H3,(H,14,19)(H,17,18). The van der Waals surface area contributed by atoms with Crippen molar-refractivity contribution in [2.24, 2.45) is 0 Å². The molecule has 7 nitrogen and oxygen atoms in total. The first-order valence-corrected chi connectivity index (χ1v) is 6.00. The van der Waals surface area contributed by atoms with Crippen LogP contribution in [-0.4, -0.2) is 50.4 Å². The van der Waals surface area contributed by atoms with Crippen molar-refractivity contribution in [1.29, 1.82) is 0 Å². The van der Waals surface area contributed by atoms with Crippen molar-refractivity contribution in [1.82, 2.24) is 20.0 Å². The van der Waals surface area contributed by atoms with Gasteiger partial charge >= 0.3 is 12.0 Å². The number of aliphatic carboxylic acids is 1. The molecule has 2 amide bonds. The maximum atomic E-state index is 12.0. The van der Waals surface area contributed by atoms with Crippen molar-refractivity contribution in [3.63, 3.8) is 0 Å². The molecular weight excluding hydrogens is 248 g/mol. The van der Waals surface area contributed by atoms with Crippen LogP contribution in [0.25, 0.3) is 0 Å². The number of carbonyl (C=O) groups is 2. The number of carboxylic acids is 1. The Hall–Kier alpha value is -2.05. The molecule has 0 fully saturated rings. The molecule has 1 rings (SSSR count). The van der Waals surface area contributed by atoms with Gasteiger partial charge < -0.3 is 15.3 Å². The number of aromatic nitrogens is 2. The normalized spacial score (nSPS) is 12.8. The number of hydrogen-bond acceptors (Lipinski definition) is 3. The van der Waals surface area contributed by atoms with E-state index in [0.29, 0.717) is 6.54 Å². The predicted molar refractivity (Wildman–Crippen MR) is 69.7 cm³/mol. The first kappa shape index (κ1) is 15.0. The van der Waals surface area contributed by atoms with E-state index in [-0.39, 0.29) is 6.04 Å². The van der Waals surface area contributed by atoms with Crippen LogP contribution in [0.15, 0.2) is 18.5 Å². The Bertz CT molecular complexity index is 442. The molecule has 0 bridgehead atoms. The highest BCUT2D eigenvalue weighted by molar-refractivity contribution is 5.85. The largest absolute Gasteiger partial charge is 0.480 e. The highest BCUT2D eigenvalue weighted by Crippen LogP contribution is 2.12. The Balaban J connectivity index is 2.57. The Morgan fingerprint density at radius 3 is 2.63 bits per heavy atom. The van der Waals surface area contributed by atoms with Gasteiger partial charge in [-0.2, -0.15) is 5.10 Å². The maximum Gasteiger partial charge on any atom is 0.329 e. The van der Waals surface area contributed by atoms with E-state index in [1.54, 1.807) is 23.1 Å². The summed E-state index contributed by atoms with van der Waals surface area (Å²) in [7, 11) is 1.46. The number of amides is 2. The van der Waals surface area contributed by atoms with Gasteiger partial charge in [-0.05, 0) is 26.8 Å². The lowest BCUT2D eigenvalue weighted by Gasteiger charge is -2.32. The summed E-state index contributed by atoms with van der Waals surface area (Å²) >= 11 is 0. The van der Waals surface area contributed by atoms with Gasteiger partial charge in [0, 0.05) is 25.5 Å². The van der Waals surface area contributed by atoms with E-state index >= 15 is 0 Å². The SMILES string of the molecule is CC(Cn1cccn1)NC(=O)N(C)C(C)(C)C(=O)O. The van der Waals surface area contributed by atoms with Gasteiger partial charge in [0.15, 0.2) is 0 Å². The Kier molecular flexibility index (Phi) is 4.52. The molecule has 2 N–H and O–H groups in total. The molecule has 0 aliphatic carbocycles. The third kappa shape index (κ3) is 3.70. The van der Waals surface area contributed by atoms with E-state index in [4.69, 9.17) is 5.11 Å². The number of likely N-dealkylation sites (N-methyl/N-ethyl adjacent to an activating group) is 1. The number of nitrogens with one attached hydrogen (secondary N) is 1. The second-order valence-electron chi connectivity index (χ2n) is 5.00. The van der Waals surface area contributed by atoms with Gasteiger partial charge in [-0.3, -0.25) is 4.68 Å². The van der Waals surface area contributed by atoms with E-state index in [2.05, 4.69) is 10.4 Å². The molecule has 0 radical (unpaired) electrons. The quantitative estimate of drug-likeness (QED) is 0.826. The van der Waals surface area contributed by atoms with Crippen LogP contribution in [0.1, 0.15) is 20.8 Å². The fourth-order valence-corrected chi connectivity index (χ4v) is 1.44. The molecule has 1 unspecified atom stereocenters. The van der Waals surface area contributed by atoms with Gasteiger partial charge in [0.25, 0.3) is 0 Å². The van der Waals surface area contributed by atoms with Gasteiger partial charge in [0.1, 0.15) is 5.54 Å². The zero-order valence-electron chi connectivity index (χ0n) is 11.6. The van der Waals surface area contributed by atoms with Crippen molar-refractivity contribution in [2.45, 2.75) is 38.9 Å². The van der Waals surface area contributed by atoms with E-state index in [0.717, 1.165) is 0 Å². The summed E-state index contributed by atoms with van der Waals surface area (Å²) < 4.78 is 1.70. The molecule has 106 valence electrons. The zero-order valence-corrected chi connectivity index (χ0v) is 11.6. The first-order chi connectivity index (χ1) is 8.75. The fraction of sp³-hybridized carbons (Fsp3) is 0.583. The van der Waals surface area contributed by atoms with Crippen molar-refractivity contribution in [3.05, 3.63) is 18.5 Å². The Labute approximate surface area is 112 Å². The number of carboxylic acid groups (broad SMARTS) is 1. The highest BCUT2D eigenvalue weighted by atomic mass is 16.4. The lowest BCUT2D eigenvalue weighted by atomic mass is 10.0. The topological polar surface area (TPSA) is 87.5 Å². The molecule has 0 saturated carbocycles. The van der Waals surface area contributed by atoms with Crippen LogP contribution in [-0.2, 0) is 11.3 Å². The Morgan fingerprint density at radius 2 is 2.16 bits per heavy atom. The molecule has 0 aliphatic heterocycles. The number of hydrogen-bond donors (Lipinski definition) is 2. The van der Waals surface area contributed by atoms with Gasteiger partial charge in [-0.1, -0.05) is 0 Å². The van der Waals surface area contributed by atoms with Crippen molar-refractivity contribution >= 4 is 12.0 Å². The smallest absolute Gasteiger partial charge is 0.329 e. The average molecular weight is 268 g/mol. The lowest BCUT2D eigenvalue weighted by molar-refractivity contribution is -0.146. The molecule has 19 heavy (non-hydrogen) atoms. The number of rotatable bonds is 5. The third-order valence-corrected chi connectivity index (χ3v) is 3.06. The Morgan fingerprint density at radius 1 is 1.53 bits per heavy atom. The minimum Gasteiger partial charge on any atom is -0.480 e. The molecule has 0 aliphatic rings. The van der Waals surface area contributed by atoms with Crippen molar-refractivity contribution in [3.8, 4) is 0 Å². The second-order valence-corrected chi connectivity index (χ2v) is 5.00. The van der Waals surface area contributed by atoms with E-state index in [1.165, 1.54) is 25.8 Å². The van der Waals surface area contributed by atoms with Crippen LogP contribution in [0, 0.1) is 0 Å². The van der Waals surface area contributed by atoms with Crippen molar-refractivity contribution < 1.29 is 14.7 Å². The molecule has 1 heterocycles. The molecule has 0 aromatic carbocycles. The van der Waals surface area contributed by atoms with Gasteiger partial charge in [-0.25, -0.2) is 9.59 Å². The number of carbonyl (C=O) groups excluding carboxylic acids is 1. The minimum atomic E-state index is -1.25. The molecular formula is C12H20N4O3. The van der Waals surface area contributed by atoms with Crippen LogP contribution >= 0.6 is 0 Å². The van der Waals surface area contributed by atoms with Crippen LogP contribution in [0.2, 0.25) is 0 Å².